The SMILES string of the molecule is COc1cccn2c3c(nc12)CCC(c1ccccc1)C3. The second kappa shape index (κ2) is 4.92. The molecule has 0 fully saturated rings. The Kier molecular flexibility index (Phi) is 2.92. The number of hydrogen-bond acceptors (Lipinski definition) is 2. The van der Waals surface area contributed by atoms with Crippen LogP contribution in [0.5, 0.6) is 5.75 Å². The van der Waals surface area contributed by atoms with Crippen molar-refractivity contribution >= 4 is 5.65 Å². The highest BCUT2D eigenvalue weighted by molar-refractivity contribution is 5.56. The fraction of sp³-hybridized carbons (Fsp3) is 0.278. The van der Waals surface area contributed by atoms with Crippen molar-refractivity contribution in [2.75, 3.05) is 7.11 Å². The molecule has 106 valence electrons. The summed E-state index contributed by atoms with van der Waals surface area (Å²) in [6.45, 7) is 0. The third-order valence-corrected chi connectivity index (χ3v) is 4.46. The van der Waals surface area contributed by atoms with Gasteiger partial charge in [-0.25, -0.2) is 4.98 Å². The Morgan fingerprint density at radius 2 is 2.00 bits per heavy atom. The van der Waals surface area contributed by atoms with Gasteiger partial charge < -0.3 is 9.14 Å². The van der Waals surface area contributed by atoms with E-state index >= 15 is 0 Å². The molecule has 1 unspecified atom stereocenters. The summed E-state index contributed by atoms with van der Waals surface area (Å²) < 4.78 is 7.63. The van der Waals surface area contributed by atoms with Gasteiger partial charge in [0, 0.05) is 11.9 Å². The number of fused-ring (bicyclic) bond motifs is 3. The molecule has 3 aromatic rings. The van der Waals surface area contributed by atoms with Crippen molar-refractivity contribution in [1.29, 1.82) is 0 Å². The first-order valence-electron chi connectivity index (χ1n) is 7.44. The lowest BCUT2D eigenvalue weighted by Crippen LogP contribution is -2.13. The Bertz CT molecular complexity index is 777. The van der Waals surface area contributed by atoms with Crippen LogP contribution in [0.2, 0.25) is 0 Å². The van der Waals surface area contributed by atoms with E-state index in [1.54, 1.807) is 7.11 Å². The van der Waals surface area contributed by atoms with Crippen molar-refractivity contribution in [1.82, 2.24) is 9.38 Å². The van der Waals surface area contributed by atoms with Gasteiger partial charge in [-0.1, -0.05) is 30.3 Å². The highest BCUT2D eigenvalue weighted by Crippen LogP contribution is 2.34. The molecule has 0 radical (unpaired) electrons. The van der Waals surface area contributed by atoms with Gasteiger partial charge in [0.2, 0.25) is 0 Å². The first-order chi connectivity index (χ1) is 10.4. The molecule has 0 saturated heterocycles. The quantitative estimate of drug-likeness (QED) is 0.716. The smallest absolute Gasteiger partial charge is 0.180 e. The number of aromatic nitrogens is 2. The molecule has 0 N–H and O–H groups in total. The van der Waals surface area contributed by atoms with Crippen molar-refractivity contribution < 1.29 is 4.74 Å². The van der Waals surface area contributed by atoms with E-state index < -0.39 is 0 Å². The number of imidazole rings is 1. The molecule has 2 aromatic heterocycles. The lowest BCUT2D eigenvalue weighted by Gasteiger charge is -2.22. The van der Waals surface area contributed by atoms with Gasteiger partial charge in [0.05, 0.1) is 12.8 Å². The van der Waals surface area contributed by atoms with Crippen molar-refractivity contribution in [3.05, 3.63) is 65.6 Å². The van der Waals surface area contributed by atoms with E-state index in [-0.39, 0.29) is 0 Å². The van der Waals surface area contributed by atoms with Crippen molar-refractivity contribution in [3.63, 3.8) is 0 Å². The number of rotatable bonds is 2. The Labute approximate surface area is 124 Å². The summed E-state index contributed by atoms with van der Waals surface area (Å²) in [5, 5.41) is 0. The predicted molar refractivity (Wildman–Crippen MR) is 83.0 cm³/mol. The van der Waals surface area contributed by atoms with E-state index in [1.165, 1.54) is 23.4 Å². The minimum Gasteiger partial charge on any atom is -0.493 e. The zero-order valence-corrected chi connectivity index (χ0v) is 12.1. The molecule has 0 bridgehead atoms. The second-order valence-electron chi connectivity index (χ2n) is 5.63. The van der Waals surface area contributed by atoms with Crippen LogP contribution in [0.1, 0.15) is 29.3 Å². The maximum absolute atomic E-state index is 5.43. The Balaban J connectivity index is 1.78. The molecule has 4 rings (SSSR count). The Hall–Kier alpha value is -2.29. The van der Waals surface area contributed by atoms with Gasteiger partial charge in [-0.2, -0.15) is 0 Å². The van der Waals surface area contributed by atoms with Crippen LogP contribution in [0.4, 0.5) is 0 Å². The molecule has 0 aliphatic heterocycles. The minimum atomic E-state index is 0.588. The zero-order chi connectivity index (χ0) is 14.2. The zero-order valence-electron chi connectivity index (χ0n) is 12.1. The highest BCUT2D eigenvalue weighted by Gasteiger charge is 2.25. The fourth-order valence-corrected chi connectivity index (χ4v) is 3.37. The van der Waals surface area contributed by atoms with Crippen LogP contribution in [0, 0.1) is 0 Å². The molecule has 0 amide bonds. The van der Waals surface area contributed by atoms with Gasteiger partial charge in [0.25, 0.3) is 0 Å². The molecule has 21 heavy (non-hydrogen) atoms. The number of methoxy groups -OCH3 is 1. The number of hydrogen-bond donors (Lipinski definition) is 0. The topological polar surface area (TPSA) is 26.5 Å². The molecule has 1 aliphatic rings. The Morgan fingerprint density at radius 3 is 2.81 bits per heavy atom. The summed E-state index contributed by atoms with van der Waals surface area (Å²) in [5.74, 6) is 1.44. The maximum Gasteiger partial charge on any atom is 0.180 e. The van der Waals surface area contributed by atoms with Crippen LogP contribution >= 0.6 is 0 Å². The first kappa shape index (κ1) is 12.5. The van der Waals surface area contributed by atoms with Crippen molar-refractivity contribution in [2.45, 2.75) is 25.2 Å². The first-order valence-corrected chi connectivity index (χ1v) is 7.44. The van der Waals surface area contributed by atoms with Crippen molar-refractivity contribution in [3.8, 4) is 5.75 Å². The molecule has 0 saturated carbocycles. The molecule has 1 aromatic carbocycles. The van der Waals surface area contributed by atoms with Crippen LogP contribution in [0.3, 0.4) is 0 Å². The molecular weight excluding hydrogens is 260 g/mol. The third kappa shape index (κ3) is 2.00. The number of ether oxygens (including phenoxy) is 1. The number of nitrogens with zero attached hydrogens (tertiary/aromatic N) is 2. The van der Waals surface area contributed by atoms with Gasteiger partial charge in [-0.15, -0.1) is 0 Å². The van der Waals surface area contributed by atoms with Crippen LogP contribution < -0.4 is 4.74 Å². The summed E-state index contributed by atoms with van der Waals surface area (Å²) in [6.07, 6.45) is 5.35. The number of benzene rings is 1. The normalized spacial score (nSPS) is 17.7. The molecular formula is C18H18N2O. The maximum atomic E-state index is 5.43. The van der Waals surface area contributed by atoms with Gasteiger partial charge in [0.1, 0.15) is 0 Å². The van der Waals surface area contributed by atoms with E-state index in [9.17, 15) is 0 Å². The van der Waals surface area contributed by atoms with Gasteiger partial charge in [-0.3, -0.25) is 0 Å². The Morgan fingerprint density at radius 1 is 1.14 bits per heavy atom. The van der Waals surface area contributed by atoms with Crippen LogP contribution in [0.25, 0.3) is 5.65 Å². The monoisotopic (exact) mass is 278 g/mol. The average Bonchev–Trinajstić information content (AvgIpc) is 2.93. The summed E-state index contributed by atoms with van der Waals surface area (Å²) >= 11 is 0. The van der Waals surface area contributed by atoms with Gasteiger partial charge in [0.15, 0.2) is 11.4 Å². The lowest BCUT2D eigenvalue weighted by molar-refractivity contribution is 0.417. The molecule has 2 heterocycles. The standard InChI is InChI=1S/C18H18N2O/c1-21-17-8-5-11-20-16-12-14(13-6-3-2-4-7-13)9-10-15(16)19-18(17)20/h2-8,11,14H,9-10,12H2,1H3. The van der Waals surface area contributed by atoms with E-state index in [4.69, 9.17) is 9.72 Å². The number of aryl methyl sites for hydroxylation is 1. The van der Waals surface area contributed by atoms with Gasteiger partial charge >= 0.3 is 0 Å². The summed E-state index contributed by atoms with van der Waals surface area (Å²) in [4.78, 5) is 4.79. The summed E-state index contributed by atoms with van der Waals surface area (Å²) in [6, 6.07) is 14.8. The second-order valence-corrected chi connectivity index (χ2v) is 5.63. The molecule has 3 heteroatoms. The average molecular weight is 278 g/mol. The van der Waals surface area contributed by atoms with E-state index in [0.717, 1.165) is 24.2 Å². The van der Waals surface area contributed by atoms with Crippen molar-refractivity contribution in [2.24, 2.45) is 0 Å². The molecule has 3 nitrogen and oxygen atoms in total. The number of pyridine rings is 1. The van der Waals surface area contributed by atoms with E-state index in [1.807, 2.05) is 12.1 Å². The molecule has 0 spiro atoms. The van der Waals surface area contributed by atoms with Crippen LogP contribution in [-0.2, 0) is 12.8 Å². The summed E-state index contributed by atoms with van der Waals surface area (Å²) in [7, 11) is 1.70. The molecule has 1 atom stereocenters. The summed E-state index contributed by atoms with van der Waals surface area (Å²) in [5.41, 5.74) is 4.94. The lowest BCUT2D eigenvalue weighted by atomic mass is 9.84. The third-order valence-electron chi connectivity index (χ3n) is 4.46. The minimum absolute atomic E-state index is 0.588. The van der Waals surface area contributed by atoms with E-state index in [2.05, 4.69) is 40.9 Å². The van der Waals surface area contributed by atoms with Crippen LogP contribution in [-0.4, -0.2) is 16.5 Å². The molecule has 1 aliphatic carbocycles. The predicted octanol–water partition coefficient (Wildman–Crippen LogP) is 3.62. The largest absolute Gasteiger partial charge is 0.493 e. The van der Waals surface area contributed by atoms with Crippen LogP contribution in [0.15, 0.2) is 48.7 Å². The fourth-order valence-electron chi connectivity index (χ4n) is 3.37. The van der Waals surface area contributed by atoms with Gasteiger partial charge in [-0.05, 0) is 42.9 Å². The highest BCUT2D eigenvalue weighted by atomic mass is 16.5. The van der Waals surface area contributed by atoms with E-state index in [0.29, 0.717) is 5.92 Å².